The topological polar surface area (TPSA) is 59.7 Å². The summed E-state index contributed by atoms with van der Waals surface area (Å²) in [6, 6.07) is 1.59. The molecule has 0 spiro atoms. The Morgan fingerprint density at radius 2 is 2.32 bits per heavy atom. The van der Waals surface area contributed by atoms with Crippen LogP contribution in [0.25, 0.3) is 4.96 Å². The molecule has 2 aromatic heterocycles. The van der Waals surface area contributed by atoms with Crippen LogP contribution in [0.2, 0.25) is 0 Å². The number of piperidine rings is 1. The molecule has 0 amide bonds. The Hall–Kier alpha value is -1.47. The minimum Gasteiger partial charge on any atom is -0.379 e. The number of rotatable bonds is 4. The van der Waals surface area contributed by atoms with Crippen LogP contribution in [0.1, 0.15) is 32.4 Å². The smallest absolute Gasteiger partial charge is 0.275 e. The van der Waals surface area contributed by atoms with Gasteiger partial charge in [0.15, 0.2) is 0 Å². The van der Waals surface area contributed by atoms with Crippen molar-refractivity contribution in [1.29, 1.82) is 0 Å². The first-order valence-electron chi connectivity index (χ1n) is 7.80. The van der Waals surface area contributed by atoms with Crippen LogP contribution >= 0.6 is 11.3 Å². The van der Waals surface area contributed by atoms with Gasteiger partial charge in [0, 0.05) is 32.0 Å². The number of aryl methyl sites for hydroxylation is 1. The van der Waals surface area contributed by atoms with E-state index < -0.39 is 0 Å². The third-order valence-corrected chi connectivity index (χ3v) is 5.23. The largest absolute Gasteiger partial charge is 0.379 e. The molecule has 120 valence electrons. The fourth-order valence-corrected chi connectivity index (χ4v) is 3.83. The zero-order valence-corrected chi connectivity index (χ0v) is 14.1. The number of aromatic nitrogens is 3. The van der Waals surface area contributed by atoms with Gasteiger partial charge in [-0.3, -0.25) is 4.79 Å². The monoisotopic (exact) mass is 322 g/mol. The number of nitrogens with zero attached hydrogens (tertiary/aromatic N) is 4. The molecule has 7 heteroatoms. The molecule has 2 atom stereocenters. The van der Waals surface area contributed by atoms with E-state index in [9.17, 15) is 4.79 Å². The van der Waals surface area contributed by atoms with Crippen molar-refractivity contribution in [2.24, 2.45) is 5.92 Å². The Labute approximate surface area is 133 Å². The van der Waals surface area contributed by atoms with Gasteiger partial charge >= 0.3 is 0 Å². The van der Waals surface area contributed by atoms with Crippen LogP contribution in [0.3, 0.4) is 0 Å². The summed E-state index contributed by atoms with van der Waals surface area (Å²) >= 11 is 1.48. The molecule has 6 nitrogen and oxygen atoms in total. The van der Waals surface area contributed by atoms with Crippen molar-refractivity contribution < 1.29 is 4.74 Å². The van der Waals surface area contributed by atoms with Gasteiger partial charge in [-0.1, -0.05) is 31.6 Å². The Balaban J connectivity index is 1.92. The van der Waals surface area contributed by atoms with Gasteiger partial charge in [-0.05, 0) is 18.8 Å². The molecule has 0 aliphatic carbocycles. The van der Waals surface area contributed by atoms with E-state index in [1.807, 2.05) is 0 Å². The SMILES string of the molecule is CCCc1cc(=O)n2nc(N3CCC(C)C(OC)C3)sc2n1. The van der Waals surface area contributed by atoms with E-state index in [1.54, 1.807) is 13.2 Å². The van der Waals surface area contributed by atoms with Crippen molar-refractivity contribution >= 4 is 21.4 Å². The lowest BCUT2D eigenvalue weighted by molar-refractivity contribution is 0.0498. The molecule has 3 rings (SSSR count). The maximum Gasteiger partial charge on any atom is 0.275 e. The number of ether oxygens (including phenoxy) is 1. The molecule has 1 saturated heterocycles. The van der Waals surface area contributed by atoms with E-state index in [2.05, 4.69) is 28.8 Å². The van der Waals surface area contributed by atoms with Crippen molar-refractivity contribution in [3.8, 4) is 0 Å². The Morgan fingerprint density at radius 1 is 1.50 bits per heavy atom. The molecule has 3 heterocycles. The van der Waals surface area contributed by atoms with Crippen molar-refractivity contribution in [3.05, 3.63) is 22.1 Å². The first-order valence-corrected chi connectivity index (χ1v) is 8.61. The second-order valence-electron chi connectivity index (χ2n) is 5.90. The highest BCUT2D eigenvalue weighted by atomic mass is 32.1. The molecule has 0 bridgehead atoms. The molecule has 0 radical (unpaired) electrons. The summed E-state index contributed by atoms with van der Waals surface area (Å²) in [6.45, 7) is 6.06. The van der Waals surface area contributed by atoms with Crippen LogP contribution in [-0.4, -0.2) is 40.9 Å². The van der Waals surface area contributed by atoms with Gasteiger partial charge in [0.05, 0.1) is 6.10 Å². The molecule has 2 unspecified atom stereocenters. The third kappa shape index (κ3) is 2.87. The average Bonchev–Trinajstić information content (AvgIpc) is 2.92. The highest BCUT2D eigenvalue weighted by Gasteiger charge is 2.28. The first kappa shape index (κ1) is 15.4. The molecule has 2 aromatic rings. The fraction of sp³-hybridized carbons (Fsp3) is 0.667. The van der Waals surface area contributed by atoms with Crippen molar-refractivity contribution in [2.45, 2.75) is 39.2 Å². The standard InChI is InChI=1S/C15H22N4O2S/c1-4-5-11-8-13(20)19-14(16-11)22-15(17-19)18-7-6-10(2)12(9-18)21-3/h8,10,12H,4-7,9H2,1-3H3. The Morgan fingerprint density at radius 3 is 3.05 bits per heavy atom. The first-order chi connectivity index (χ1) is 10.6. The number of methoxy groups -OCH3 is 1. The summed E-state index contributed by atoms with van der Waals surface area (Å²) < 4.78 is 6.97. The van der Waals surface area contributed by atoms with E-state index in [-0.39, 0.29) is 11.7 Å². The van der Waals surface area contributed by atoms with Crippen LogP contribution in [0, 0.1) is 5.92 Å². The van der Waals surface area contributed by atoms with Gasteiger partial charge in [-0.25, -0.2) is 4.98 Å². The average molecular weight is 322 g/mol. The van der Waals surface area contributed by atoms with Crippen LogP contribution in [0.5, 0.6) is 0 Å². The second kappa shape index (κ2) is 6.34. The van der Waals surface area contributed by atoms with E-state index >= 15 is 0 Å². The van der Waals surface area contributed by atoms with E-state index in [1.165, 1.54) is 15.9 Å². The minimum atomic E-state index is -0.0929. The predicted molar refractivity (Wildman–Crippen MR) is 87.9 cm³/mol. The van der Waals surface area contributed by atoms with Gasteiger partial charge in [-0.15, -0.1) is 5.10 Å². The van der Waals surface area contributed by atoms with Gasteiger partial charge in [0.1, 0.15) is 0 Å². The summed E-state index contributed by atoms with van der Waals surface area (Å²) in [4.78, 5) is 19.6. The second-order valence-corrected chi connectivity index (χ2v) is 6.84. The highest BCUT2D eigenvalue weighted by molar-refractivity contribution is 7.20. The van der Waals surface area contributed by atoms with Gasteiger partial charge in [0.25, 0.3) is 5.56 Å². The summed E-state index contributed by atoms with van der Waals surface area (Å²) in [5, 5.41) is 5.32. The third-order valence-electron chi connectivity index (χ3n) is 4.26. The van der Waals surface area contributed by atoms with E-state index in [4.69, 9.17) is 4.74 Å². The molecule has 22 heavy (non-hydrogen) atoms. The normalized spacial score (nSPS) is 22.4. The molecule has 1 fully saturated rings. The highest BCUT2D eigenvalue weighted by Crippen LogP contribution is 2.27. The predicted octanol–water partition coefficient (Wildman–Crippen LogP) is 1.96. The van der Waals surface area contributed by atoms with Crippen LogP contribution < -0.4 is 10.5 Å². The number of hydrogen-bond donors (Lipinski definition) is 0. The molecule has 0 N–H and O–H groups in total. The van der Waals surface area contributed by atoms with Gasteiger partial charge in [0.2, 0.25) is 10.1 Å². The summed E-state index contributed by atoms with van der Waals surface area (Å²) in [7, 11) is 1.76. The van der Waals surface area contributed by atoms with Crippen LogP contribution in [0.15, 0.2) is 10.9 Å². The fourth-order valence-electron chi connectivity index (χ4n) is 2.87. The number of hydrogen-bond acceptors (Lipinski definition) is 6. The molecular formula is C15H22N4O2S. The number of anilines is 1. The lowest BCUT2D eigenvalue weighted by Gasteiger charge is -2.35. The van der Waals surface area contributed by atoms with Gasteiger partial charge < -0.3 is 9.64 Å². The lowest BCUT2D eigenvalue weighted by atomic mass is 9.96. The maximum atomic E-state index is 12.2. The molecular weight excluding hydrogens is 300 g/mol. The Bertz CT molecular complexity index is 711. The maximum absolute atomic E-state index is 12.2. The van der Waals surface area contributed by atoms with E-state index in [0.29, 0.717) is 10.9 Å². The zero-order valence-electron chi connectivity index (χ0n) is 13.3. The quantitative estimate of drug-likeness (QED) is 0.861. The lowest BCUT2D eigenvalue weighted by Crippen LogP contribution is -2.44. The van der Waals surface area contributed by atoms with Crippen LogP contribution in [0.4, 0.5) is 5.13 Å². The minimum absolute atomic E-state index is 0.0929. The summed E-state index contributed by atoms with van der Waals surface area (Å²) in [5.41, 5.74) is 0.759. The van der Waals surface area contributed by atoms with Crippen molar-refractivity contribution in [3.63, 3.8) is 0 Å². The molecule has 1 aliphatic rings. The molecule has 0 saturated carbocycles. The zero-order chi connectivity index (χ0) is 15.7. The van der Waals surface area contributed by atoms with E-state index in [0.717, 1.165) is 43.2 Å². The molecule has 0 aromatic carbocycles. The van der Waals surface area contributed by atoms with Crippen molar-refractivity contribution in [2.75, 3.05) is 25.1 Å². The molecule has 1 aliphatic heterocycles. The Kier molecular flexibility index (Phi) is 4.44. The summed E-state index contributed by atoms with van der Waals surface area (Å²) in [5.74, 6) is 0.549. The number of fused-ring (bicyclic) bond motifs is 1. The van der Waals surface area contributed by atoms with Gasteiger partial charge in [-0.2, -0.15) is 4.52 Å². The van der Waals surface area contributed by atoms with Crippen molar-refractivity contribution in [1.82, 2.24) is 14.6 Å². The summed E-state index contributed by atoms with van der Waals surface area (Å²) in [6.07, 6.45) is 3.08. The van der Waals surface area contributed by atoms with Crippen LogP contribution in [-0.2, 0) is 11.2 Å².